The van der Waals surface area contributed by atoms with E-state index in [0.29, 0.717) is 31.7 Å². The van der Waals surface area contributed by atoms with Gasteiger partial charge in [0.05, 0.1) is 12.1 Å². The zero-order valence-corrected chi connectivity index (χ0v) is 11.5. The van der Waals surface area contributed by atoms with Gasteiger partial charge in [0.2, 0.25) is 6.41 Å². The van der Waals surface area contributed by atoms with E-state index in [4.69, 9.17) is 5.73 Å². The second-order valence-corrected chi connectivity index (χ2v) is 4.94. The first-order chi connectivity index (χ1) is 10.0. The quantitative estimate of drug-likeness (QED) is 0.559. The lowest BCUT2D eigenvalue weighted by molar-refractivity contribution is -0.119. The number of rotatable bonds is 5. The zero-order chi connectivity index (χ0) is 15.4. The van der Waals surface area contributed by atoms with E-state index in [2.05, 4.69) is 0 Å². The van der Waals surface area contributed by atoms with Crippen molar-refractivity contribution in [3.63, 3.8) is 0 Å². The highest BCUT2D eigenvalue weighted by atomic mass is 16.3. The Hall–Kier alpha value is -2.41. The number of piperazine rings is 1. The van der Waals surface area contributed by atoms with E-state index in [1.807, 2.05) is 4.90 Å². The van der Waals surface area contributed by atoms with Crippen LogP contribution in [0.15, 0.2) is 18.2 Å². The summed E-state index contributed by atoms with van der Waals surface area (Å²) in [5, 5.41) is 9.50. The van der Waals surface area contributed by atoms with Gasteiger partial charge < -0.3 is 15.7 Å². The molecular formula is C14H17N3O4. The first-order valence-corrected chi connectivity index (χ1v) is 6.59. The summed E-state index contributed by atoms with van der Waals surface area (Å²) in [6.45, 7) is 2.66. The summed E-state index contributed by atoms with van der Waals surface area (Å²) in [5.74, 6) is -1.17. The number of ketones is 1. The number of carbonyl (C=O) groups excluding carboxylic acids is 3. The van der Waals surface area contributed by atoms with Crippen molar-refractivity contribution < 1.29 is 19.5 Å². The molecule has 0 radical (unpaired) electrons. The smallest absolute Gasteiger partial charge is 0.252 e. The first kappa shape index (κ1) is 15.0. The van der Waals surface area contributed by atoms with Crippen molar-refractivity contribution in [3.05, 3.63) is 29.3 Å². The predicted molar refractivity (Wildman–Crippen MR) is 75.0 cm³/mol. The van der Waals surface area contributed by atoms with Crippen molar-refractivity contribution in [1.82, 2.24) is 9.80 Å². The van der Waals surface area contributed by atoms with E-state index in [1.165, 1.54) is 18.2 Å². The van der Waals surface area contributed by atoms with Gasteiger partial charge in [-0.2, -0.15) is 0 Å². The van der Waals surface area contributed by atoms with E-state index >= 15 is 0 Å². The van der Waals surface area contributed by atoms with E-state index in [9.17, 15) is 19.5 Å². The van der Waals surface area contributed by atoms with Gasteiger partial charge in [-0.25, -0.2) is 0 Å². The molecule has 21 heavy (non-hydrogen) atoms. The lowest BCUT2D eigenvalue weighted by atomic mass is 10.1. The number of primary amides is 1. The highest BCUT2D eigenvalue weighted by molar-refractivity contribution is 6.02. The molecule has 0 saturated carbocycles. The maximum Gasteiger partial charge on any atom is 0.252 e. The minimum Gasteiger partial charge on any atom is -0.507 e. The van der Waals surface area contributed by atoms with E-state index in [1.54, 1.807) is 4.90 Å². The second-order valence-electron chi connectivity index (χ2n) is 4.94. The molecule has 3 N–H and O–H groups in total. The van der Waals surface area contributed by atoms with Crippen LogP contribution in [0.25, 0.3) is 0 Å². The Morgan fingerprint density at radius 3 is 2.48 bits per heavy atom. The average Bonchev–Trinajstić information content (AvgIpc) is 2.48. The number of phenols is 1. The summed E-state index contributed by atoms with van der Waals surface area (Å²) in [6, 6.07) is 4.06. The van der Waals surface area contributed by atoms with Crippen LogP contribution in [0, 0.1) is 0 Å². The standard InChI is InChI=1S/C14H17N3O4/c15-14(21)11-7-10(1-2-12(11)19)13(20)8-16-3-5-17(9-18)6-4-16/h1-2,7,9,19H,3-6,8H2,(H2,15,21). The summed E-state index contributed by atoms with van der Waals surface area (Å²) in [4.78, 5) is 37.6. The van der Waals surface area contributed by atoms with Crippen LogP contribution in [0.1, 0.15) is 20.7 Å². The van der Waals surface area contributed by atoms with Crippen LogP contribution in [0.3, 0.4) is 0 Å². The Morgan fingerprint density at radius 2 is 1.90 bits per heavy atom. The Labute approximate surface area is 121 Å². The lowest BCUT2D eigenvalue weighted by Gasteiger charge is -2.31. The SMILES string of the molecule is NC(=O)c1cc(C(=O)CN2CCN(C=O)CC2)ccc1O. The van der Waals surface area contributed by atoms with Crippen LogP contribution in [-0.4, -0.2) is 65.7 Å². The number of nitrogens with zero attached hydrogens (tertiary/aromatic N) is 2. The van der Waals surface area contributed by atoms with Crippen molar-refractivity contribution in [2.75, 3.05) is 32.7 Å². The van der Waals surface area contributed by atoms with Crippen LogP contribution in [0.2, 0.25) is 0 Å². The van der Waals surface area contributed by atoms with Crippen LogP contribution >= 0.6 is 0 Å². The average molecular weight is 291 g/mol. The third-order valence-corrected chi connectivity index (χ3v) is 3.51. The van der Waals surface area contributed by atoms with Crippen LogP contribution < -0.4 is 5.73 Å². The van der Waals surface area contributed by atoms with Crippen molar-refractivity contribution in [3.8, 4) is 5.75 Å². The molecule has 1 aromatic carbocycles. The summed E-state index contributed by atoms with van der Waals surface area (Å²) in [5.41, 5.74) is 5.41. The maximum atomic E-state index is 12.2. The Balaban J connectivity index is 2.02. The molecule has 1 aliphatic rings. The van der Waals surface area contributed by atoms with Gasteiger partial charge in [-0.05, 0) is 18.2 Å². The molecule has 0 aliphatic carbocycles. The van der Waals surface area contributed by atoms with Gasteiger partial charge in [0, 0.05) is 31.7 Å². The van der Waals surface area contributed by atoms with Crippen molar-refractivity contribution in [2.24, 2.45) is 5.73 Å². The second kappa shape index (κ2) is 6.36. The molecule has 1 heterocycles. The van der Waals surface area contributed by atoms with Crippen molar-refractivity contribution in [1.29, 1.82) is 0 Å². The number of hydrogen-bond donors (Lipinski definition) is 2. The summed E-state index contributed by atoms with van der Waals surface area (Å²) >= 11 is 0. The predicted octanol–water partition coefficient (Wildman–Crippen LogP) is -0.552. The molecule has 0 spiro atoms. The topological polar surface area (TPSA) is 104 Å². The number of carbonyl (C=O) groups is 3. The molecule has 1 fully saturated rings. The van der Waals surface area contributed by atoms with Gasteiger partial charge in [0.1, 0.15) is 5.75 Å². The molecule has 7 nitrogen and oxygen atoms in total. The van der Waals surface area contributed by atoms with Gasteiger partial charge in [-0.1, -0.05) is 0 Å². The summed E-state index contributed by atoms with van der Waals surface area (Å²) in [6.07, 6.45) is 0.804. The molecular weight excluding hydrogens is 274 g/mol. The lowest BCUT2D eigenvalue weighted by Crippen LogP contribution is -2.47. The van der Waals surface area contributed by atoms with E-state index in [0.717, 1.165) is 6.41 Å². The number of Topliss-reactive ketones (excluding diaryl/α,β-unsaturated/α-hetero) is 1. The minimum atomic E-state index is -0.776. The van der Waals surface area contributed by atoms with Crippen molar-refractivity contribution >= 4 is 18.1 Å². The molecule has 2 amide bonds. The molecule has 0 unspecified atom stereocenters. The third-order valence-electron chi connectivity index (χ3n) is 3.51. The molecule has 0 atom stereocenters. The Kier molecular flexibility index (Phi) is 4.54. The van der Waals surface area contributed by atoms with Crippen molar-refractivity contribution in [2.45, 2.75) is 0 Å². The van der Waals surface area contributed by atoms with Gasteiger partial charge in [0.25, 0.3) is 5.91 Å². The number of benzene rings is 1. The Morgan fingerprint density at radius 1 is 1.24 bits per heavy atom. The van der Waals surface area contributed by atoms with E-state index in [-0.39, 0.29) is 23.6 Å². The van der Waals surface area contributed by atoms with Gasteiger partial charge >= 0.3 is 0 Å². The first-order valence-electron chi connectivity index (χ1n) is 6.59. The molecule has 112 valence electrons. The molecule has 0 bridgehead atoms. The molecule has 1 saturated heterocycles. The fourth-order valence-electron chi connectivity index (χ4n) is 2.23. The van der Waals surface area contributed by atoms with Gasteiger partial charge in [-0.3, -0.25) is 19.3 Å². The molecule has 0 aromatic heterocycles. The maximum absolute atomic E-state index is 12.2. The fourth-order valence-corrected chi connectivity index (χ4v) is 2.23. The number of hydrogen-bond acceptors (Lipinski definition) is 5. The monoisotopic (exact) mass is 291 g/mol. The van der Waals surface area contributed by atoms with Crippen LogP contribution in [0.5, 0.6) is 5.75 Å². The van der Waals surface area contributed by atoms with Crippen LogP contribution in [-0.2, 0) is 4.79 Å². The summed E-state index contributed by atoms with van der Waals surface area (Å²) in [7, 11) is 0. The molecule has 1 aromatic rings. The largest absolute Gasteiger partial charge is 0.507 e. The number of amides is 2. The molecule has 7 heteroatoms. The van der Waals surface area contributed by atoms with Crippen LogP contribution in [0.4, 0.5) is 0 Å². The zero-order valence-electron chi connectivity index (χ0n) is 11.5. The van der Waals surface area contributed by atoms with Gasteiger partial charge in [0.15, 0.2) is 5.78 Å². The fraction of sp³-hybridized carbons (Fsp3) is 0.357. The summed E-state index contributed by atoms with van der Waals surface area (Å²) < 4.78 is 0. The minimum absolute atomic E-state index is 0.0633. The Bertz CT molecular complexity index is 565. The highest BCUT2D eigenvalue weighted by Crippen LogP contribution is 2.18. The number of nitrogens with two attached hydrogens (primary N) is 1. The molecule has 2 rings (SSSR count). The third kappa shape index (κ3) is 3.57. The van der Waals surface area contributed by atoms with E-state index < -0.39 is 5.91 Å². The normalized spacial score (nSPS) is 15.7. The molecule has 1 aliphatic heterocycles. The number of aromatic hydroxyl groups is 1. The van der Waals surface area contributed by atoms with Gasteiger partial charge in [-0.15, -0.1) is 0 Å². The highest BCUT2D eigenvalue weighted by Gasteiger charge is 2.19.